The van der Waals surface area contributed by atoms with Gasteiger partial charge in [-0.1, -0.05) is 30.3 Å². The molecule has 2 aromatic rings. The van der Waals surface area contributed by atoms with Crippen molar-refractivity contribution in [3.8, 4) is 5.75 Å². The molecule has 1 unspecified atom stereocenters. The van der Waals surface area contributed by atoms with Gasteiger partial charge in [-0.15, -0.1) is 0 Å². The molecule has 3 rings (SSSR count). The number of aliphatic imine (C=N–C) groups is 1. The first-order chi connectivity index (χ1) is 10.3. The molecule has 0 fully saturated rings. The maximum absolute atomic E-state index is 6.08. The summed E-state index contributed by atoms with van der Waals surface area (Å²) in [7, 11) is 0. The van der Waals surface area contributed by atoms with Crippen molar-refractivity contribution < 1.29 is 4.74 Å². The summed E-state index contributed by atoms with van der Waals surface area (Å²) in [6, 6.07) is 18.4. The fourth-order valence-corrected chi connectivity index (χ4v) is 2.63. The third-order valence-corrected chi connectivity index (χ3v) is 3.57. The fourth-order valence-electron chi connectivity index (χ4n) is 2.63. The van der Waals surface area contributed by atoms with Crippen LogP contribution in [0.4, 0.5) is 5.69 Å². The van der Waals surface area contributed by atoms with Crippen molar-refractivity contribution in [3.05, 3.63) is 60.2 Å². The van der Waals surface area contributed by atoms with Crippen LogP contribution in [0.3, 0.4) is 0 Å². The van der Waals surface area contributed by atoms with Crippen molar-refractivity contribution in [2.45, 2.75) is 13.0 Å². The maximum atomic E-state index is 6.08. The van der Waals surface area contributed by atoms with Crippen molar-refractivity contribution in [1.29, 1.82) is 0 Å². The van der Waals surface area contributed by atoms with E-state index < -0.39 is 0 Å². The Morgan fingerprint density at radius 3 is 2.76 bits per heavy atom. The van der Waals surface area contributed by atoms with Crippen LogP contribution < -0.4 is 15.4 Å². The highest BCUT2D eigenvalue weighted by Gasteiger charge is 2.28. The van der Waals surface area contributed by atoms with Gasteiger partial charge < -0.3 is 15.4 Å². The van der Waals surface area contributed by atoms with Gasteiger partial charge in [-0.2, -0.15) is 0 Å². The number of ether oxygens (including phenoxy) is 1. The average Bonchev–Trinajstić information content (AvgIpc) is 2.90. The molecule has 1 atom stereocenters. The van der Waals surface area contributed by atoms with E-state index >= 15 is 0 Å². The van der Waals surface area contributed by atoms with Gasteiger partial charge in [0.25, 0.3) is 0 Å². The summed E-state index contributed by atoms with van der Waals surface area (Å²) in [5.41, 5.74) is 8.30. The van der Waals surface area contributed by atoms with Crippen molar-refractivity contribution in [2.75, 3.05) is 18.1 Å². The topological polar surface area (TPSA) is 50.9 Å². The molecule has 0 saturated carbocycles. The zero-order valence-corrected chi connectivity index (χ0v) is 12.1. The lowest BCUT2D eigenvalue weighted by Crippen LogP contribution is -2.36. The molecule has 0 radical (unpaired) electrons. The lowest BCUT2D eigenvalue weighted by molar-refractivity contribution is 0.339. The Morgan fingerprint density at radius 2 is 2.00 bits per heavy atom. The summed E-state index contributed by atoms with van der Waals surface area (Å²) in [6.45, 7) is 3.31. The molecule has 21 heavy (non-hydrogen) atoms. The second kappa shape index (κ2) is 5.87. The number of rotatable bonds is 4. The molecular formula is C17H19N3O. The Hall–Kier alpha value is -2.49. The highest BCUT2D eigenvalue weighted by atomic mass is 16.5. The minimum atomic E-state index is 0.118. The maximum Gasteiger partial charge on any atom is 0.196 e. The Kier molecular flexibility index (Phi) is 3.77. The molecular weight excluding hydrogens is 262 g/mol. The van der Waals surface area contributed by atoms with Crippen molar-refractivity contribution in [2.24, 2.45) is 10.7 Å². The number of anilines is 1. The van der Waals surface area contributed by atoms with E-state index in [1.165, 1.54) is 0 Å². The number of hydrogen-bond acceptors (Lipinski definition) is 4. The lowest BCUT2D eigenvalue weighted by Gasteiger charge is -2.26. The van der Waals surface area contributed by atoms with Gasteiger partial charge in [0, 0.05) is 5.69 Å². The van der Waals surface area contributed by atoms with Gasteiger partial charge in [-0.25, -0.2) is 0 Å². The first-order valence-electron chi connectivity index (χ1n) is 7.16. The van der Waals surface area contributed by atoms with Crippen LogP contribution in [0.5, 0.6) is 5.75 Å². The van der Waals surface area contributed by atoms with Crippen LogP contribution in [0, 0.1) is 0 Å². The molecule has 0 spiro atoms. The SMILES string of the molecule is CCOc1cccc(C2CN=C(N)N2c2ccccc2)c1. The molecule has 4 nitrogen and oxygen atoms in total. The van der Waals surface area contributed by atoms with Gasteiger partial charge in [0.1, 0.15) is 5.75 Å². The molecule has 0 aliphatic carbocycles. The Morgan fingerprint density at radius 1 is 1.19 bits per heavy atom. The van der Waals surface area contributed by atoms with Gasteiger partial charge in [-0.3, -0.25) is 4.99 Å². The fraction of sp³-hybridized carbons (Fsp3) is 0.235. The summed E-state index contributed by atoms with van der Waals surface area (Å²) < 4.78 is 5.59. The average molecular weight is 281 g/mol. The van der Waals surface area contributed by atoms with Gasteiger partial charge in [-0.05, 0) is 36.8 Å². The zero-order chi connectivity index (χ0) is 14.7. The number of benzene rings is 2. The monoisotopic (exact) mass is 281 g/mol. The number of nitrogens with two attached hydrogens (primary N) is 1. The van der Waals surface area contributed by atoms with E-state index in [2.05, 4.69) is 22.0 Å². The van der Waals surface area contributed by atoms with Crippen LogP contribution in [0.1, 0.15) is 18.5 Å². The molecule has 1 aliphatic heterocycles. The predicted octanol–water partition coefficient (Wildman–Crippen LogP) is 2.96. The molecule has 4 heteroatoms. The van der Waals surface area contributed by atoms with Gasteiger partial charge >= 0.3 is 0 Å². The van der Waals surface area contributed by atoms with Crippen molar-refractivity contribution in [1.82, 2.24) is 0 Å². The van der Waals surface area contributed by atoms with Crippen molar-refractivity contribution in [3.63, 3.8) is 0 Å². The Labute approximate surface area is 124 Å². The van der Waals surface area contributed by atoms with E-state index in [1.54, 1.807) is 0 Å². The number of para-hydroxylation sites is 1. The first kappa shape index (κ1) is 13.5. The quantitative estimate of drug-likeness (QED) is 0.937. The highest BCUT2D eigenvalue weighted by Crippen LogP contribution is 2.32. The van der Waals surface area contributed by atoms with E-state index in [4.69, 9.17) is 10.5 Å². The smallest absolute Gasteiger partial charge is 0.196 e. The van der Waals surface area contributed by atoms with E-state index in [-0.39, 0.29) is 6.04 Å². The van der Waals surface area contributed by atoms with Crippen LogP contribution in [0.15, 0.2) is 59.6 Å². The van der Waals surface area contributed by atoms with E-state index in [0.29, 0.717) is 19.1 Å². The van der Waals surface area contributed by atoms with E-state index in [9.17, 15) is 0 Å². The summed E-state index contributed by atoms with van der Waals surface area (Å²) in [5.74, 6) is 1.45. The van der Waals surface area contributed by atoms with E-state index in [1.807, 2.05) is 49.4 Å². The first-order valence-corrected chi connectivity index (χ1v) is 7.16. The summed E-state index contributed by atoms with van der Waals surface area (Å²) in [5, 5.41) is 0. The molecule has 2 N–H and O–H groups in total. The normalized spacial score (nSPS) is 17.7. The third kappa shape index (κ3) is 2.70. The highest BCUT2D eigenvalue weighted by molar-refractivity contribution is 5.97. The lowest BCUT2D eigenvalue weighted by atomic mass is 10.1. The van der Waals surface area contributed by atoms with Crippen LogP contribution in [-0.4, -0.2) is 19.1 Å². The molecule has 2 aromatic carbocycles. The van der Waals surface area contributed by atoms with E-state index in [0.717, 1.165) is 17.0 Å². The zero-order valence-electron chi connectivity index (χ0n) is 12.1. The molecule has 1 heterocycles. The molecule has 0 amide bonds. The standard InChI is InChI=1S/C17H19N3O/c1-2-21-15-10-6-7-13(11-15)16-12-19-17(18)20(16)14-8-4-3-5-9-14/h3-11,16H,2,12H2,1H3,(H2,18,19). The molecule has 1 aliphatic rings. The molecule has 0 bridgehead atoms. The molecule has 0 aromatic heterocycles. The van der Waals surface area contributed by atoms with Gasteiger partial charge in [0.2, 0.25) is 0 Å². The minimum Gasteiger partial charge on any atom is -0.494 e. The summed E-state index contributed by atoms with van der Waals surface area (Å²) in [4.78, 5) is 6.48. The van der Waals surface area contributed by atoms with Crippen LogP contribution in [-0.2, 0) is 0 Å². The third-order valence-electron chi connectivity index (χ3n) is 3.57. The Balaban J connectivity index is 1.93. The van der Waals surface area contributed by atoms with Gasteiger partial charge in [0.15, 0.2) is 5.96 Å². The number of guanidine groups is 1. The van der Waals surface area contributed by atoms with Gasteiger partial charge in [0.05, 0.1) is 19.2 Å². The largest absolute Gasteiger partial charge is 0.494 e. The molecule has 108 valence electrons. The minimum absolute atomic E-state index is 0.118. The van der Waals surface area contributed by atoms with Crippen molar-refractivity contribution >= 4 is 11.6 Å². The number of hydrogen-bond donors (Lipinski definition) is 1. The Bertz CT molecular complexity index is 639. The summed E-state index contributed by atoms with van der Waals surface area (Å²) in [6.07, 6.45) is 0. The summed E-state index contributed by atoms with van der Waals surface area (Å²) >= 11 is 0. The number of nitrogens with zero attached hydrogens (tertiary/aromatic N) is 2. The van der Waals surface area contributed by atoms with Crippen LogP contribution >= 0.6 is 0 Å². The van der Waals surface area contributed by atoms with Crippen LogP contribution in [0.2, 0.25) is 0 Å². The van der Waals surface area contributed by atoms with Crippen LogP contribution in [0.25, 0.3) is 0 Å². The molecule has 0 saturated heterocycles. The second-order valence-corrected chi connectivity index (χ2v) is 4.93. The predicted molar refractivity (Wildman–Crippen MR) is 85.8 cm³/mol. The second-order valence-electron chi connectivity index (χ2n) is 4.93.